The maximum Gasteiger partial charge on any atom is 0.410 e. The standard InChI is InChI=1S/C16H20N2O2/c1-16(2,3)20-15(19)18-10-13(11-18)14(9-17)12-7-5-4-6-8-12/h4-8,13-14H,10-11H2,1-3H3. The van der Waals surface area contributed by atoms with E-state index < -0.39 is 5.60 Å². The van der Waals surface area contributed by atoms with E-state index in [1.165, 1.54) is 0 Å². The highest BCUT2D eigenvalue weighted by Crippen LogP contribution is 2.32. The third-order valence-corrected chi connectivity index (χ3v) is 3.33. The summed E-state index contributed by atoms with van der Waals surface area (Å²) in [5, 5.41) is 9.34. The molecule has 2 rings (SSSR count). The molecule has 0 bridgehead atoms. The van der Waals surface area contributed by atoms with Gasteiger partial charge in [0.05, 0.1) is 12.0 Å². The maximum absolute atomic E-state index is 11.9. The van der Waals surface area contributed by atoms with Crippen LogP contribution >= 0.6 is 0 Å². The van der Waals surface area contributed by atoms with E-state index in [9.17, 15) is 10.1 Å². The smallest absolute Gasteiger partial charge is 0.410 e. The van der Waals surface area contributed by atoms with Gasteiger partial charge in [0.2, 0.25) is 0 Å². The van der Waals surface area contributed by atoms with Crippen molar-refractivity contribution in [1.82, 2.24) is 4.90 Å². The van der Waals surface area contributed by atoms with Crippen LogP contribution in [0.2, 0.25) is 0 Å². The molecule has 1 amide bonds. The summed E-state index contributed by atoms with van der Waals surface area (Å²) < 4.78 is 5.31. The van der Waals surface area contributed by atoms with E-state index in [-0.39, 0.29) is 17.9 Å². The Balaban J connectivity index is 1.93. The van der Waals surface area contributed by atoms with E-state index in [1.54, 1.807) is 4.90 Å². The zero-order valence-electron chi connectivity index (χ0n) is 12.2. The first-order valence-corrected chi connectivity index (χ1v) is 6.83. The molecule has 0 saturated carbocycles. The summed E-state index contributed by atoms with van der Waals surface area (Å²) in [5.41, 5.74) is 0.541. The summed E-state index contributed by atoms with van der Waals surface area (Å²) in [6.45, 7) is 6.72. The van der Waals surface area contributed by atoms with Crippen LogP contribution in [0.3, 0.4) is 0 Å². The average molecular weight is 272 g/mol. The van der Waals surface area contributed by atoms with Gasteiger partial charge in [0.15, 0.2) is 0 Å². The molecule has 1 saturated heterocycles. The number of rotatable bonds is 2. The Morgan fingerprint density at radius 1 is 1.35 bits per heavy atom. The van der Waals surface area contributed by atoms with E-state index in [0.717, 1.165) is 5.56 Å². The van der Waals surface area contributed by atoms with Crippen molar-refractivity contribution in [3.8, 4) is 6.07 Å². The maximum atomic E-state index is 11.9. The molecule has 106 valence electrons. The lowest BCUT2D eigenvalue weighted by atomic mass is 9.82. The second-order valence-corrected chi connectivity index (χ2v) is 6.16. The van der Waals surface area contributed by atoms with Crippen molar-refractivity contribution in [2.24, 2.45) is 5.92 Å². The molecule has 0 spiro atoms. The SMILES string of the molecule is CC(C)(C)OC(=O)N1CC(C(C#N)c2ccccc2)C1. The first-order chi connectivity index (χ1) is 9.40. The molecule has 1 aliphatic heterocycles. The van der Waals surface area contributed by atoms with Crippen LogP contribution in [-0.4, -0.2) is 29.7 Å². The molecular formula is C16H20N2O2. The van der Waals surface area contributed by atoms with Crippen LogP contribution in [-0.2, 0) is 4.74 Å². The number of likely N-dealkylation sites (tertiary alicyclic amines) is 1. The molecule has 1 aromatic carbocycles. The Morgan fingerprint density at radius 3 is 2.45 bits per heavy atom. The topological polar surface area (TPSA) is 53.3 Å². The lowest BCUT2D eigenvalue weighted by molar-refractivity contribution is -0.00261. The van der Waals surface area contributed by atoms with Gasteiger partial charge in [0.25, 0.3) is 0 Å². The van der Waals surface area contributed by atoms with E-state index >= 15 is 0 Å². The lowest BCUT2D eigenvalue weighted by Crippen LogP contribution is -2.53. The van der Waals surface area contributed by atoms with Crippen LogP contribution in [0, 0.1) is 17.2 Å². The molecule has 4 heteroatoms. The molecule has 4 nitrogen and oxygen atoms in total. The van der Waals surface area contributed by atoms with Gasteiger partial charge in [0, 0.05) is 19.0 Å². The average Bonchev–Trinajstić information content (AvgIpc) is 2.31. The Kier molecular flexibility index (Phi) is 3.99. The van der Waals surface area contributed by atoms with E-state index in [4.69, 9.17) is 4.74 Å². The fraction of sp³-hybridized carbons (Fsp3) is 0.500. The quantitative estimate of drug-likeness (QED) is 0.831. The van der Waals surface area contributed by atoms with Crippen molar-refractivity contribution in [3.05, 3.63) is 35.9 Å². The number of hydrogen-bond donors (Lipinski definition) is 0. The number of carbonyl (C=O) groups excluding carboxylic acids is 1. The van der Waals surface area contributed by atoms with Crippen LogP contribution in [0.1, 0.15) is 32.3 Å². The van der Waals surface area contributed by atoms with Gasteiger partial charge in [0.1, 0.15) is 5.60 Å². The van der Waals surface area contributed by atoms with Crippen molar-refractivity contribution in [1.29, 1.82) is 5.26 Å². The Morgan fingerprint density at radius 2 is 1.95 bits per heavy atom. The summed E-state index contributed by atoms with van der Waals surface area (Å²) >= 11 is 0. The summed E-state index contributed by atoms with van der Waals surface area (Å²) in [4.78, 5) is 13.5. The van der Waals surface area contributed by atoms with E-state index in [1.807, 2.05) is 51.1 Å². The highest BCUT2D eigenvalue weighted by molar-refractivity contribution is 5.69. The summed E-state index contributed by atoms with van der Waals surface area (Å²) in [6, 6.07) is 12.1. The predicted octanol–water partition coefficient (Wildman–Crippen LogP) is 3.16. The van der Waals surface area contributed by atoms with Crippen molar-refractivity contribution in [3.63, 3.8) is 0 Å². The van der Waals surface area contributed by atoms with Crippen LogP contribution < -0.4 is 0 Å². The Labute approximate surface area is 120 Å². The largest absolute Gasteiger partial charge is 0.444 e. The lowest BCUT2D eigenvalue weighted by Gasteiger charge is -2.41. The van der Waals surface area contributed by atoms with Gasteiger partial charge in [-0.15, -0.1) is 0 Å². The van der Waals surface area contributed by atoms with Gasteiger partial charge in [-0.1, -0.05) is 30.3 Å². The Hall–Kier alpha value is -2.02. The van der Waals surface area contributed by atoms with Gasteiger partial charge in [-0.05, 0) is 26.3 Å². The van der Waals surface area contributed by atoms with Gasteiger partial charge < -0.3 is 9.64 Å². The fourth-order valence-corrected chi connectivity index (χ4v) is 2.31. The fourth-order valence-electron chi connectivity index (χ4n) is 2.31. The molecule has 1 heterocycles. The molecule has 0 aromatic heterocycles. The van der Waals surface area contributed by atoms with E-state index in [2.05, 4.69) is 6.07 Å². The number of nitrogens with zero attached hydrogens (tertiary/aromatic N) is 2. The normalized spacial score (nSPS) is 17.0. The zero-order valence-corrected chi connectivity index (χ0v) is 12.2. The van der Waals surface area contributed by atoms with Crippen LogP contribution in [0.4, 0.5) is 4.79 Å². The van der Waals surface area contributed by atoms with E-state index in [0.29, 0.717) is 13.1 Å². The summed E-state index contributed by atoms with van der Waals surface area (Å²) in [6.07, 6.45) is -0.293. The van der Waals surface area contributed by atoms with Gasteiger partial charge in [-0.2, -0.15) is 5.26 Å². The molecule has 1 aliphatic rings. The first kappa shape index (κ1) is 14.4. The summed E-state index contributed by atoms with van der Waals surface area (Å²) in [7, 11) is 0. The minimum atomic E-state index is -0.476. The van der Waals surface area contributed by atoms with Crippen molar-refractivity contribution < 1.29 is 9.53 Å². The van der Waals surface area contributed by atoms with Crippen LogP contribution in [0.15, 0.2) is 30.3 Å². The number of ether oxygens (including phenoxy) is 1. The third kappa shape index (κ3) is 3.30. The molecule has 0 aliphatic carbocycles. The highest BCUT2D eigenvalue weighted by Gasteiger charge is 2.38. The third-order valence-electron chi connectivity index (χ3n) is 3.33. The van der Waals surface area contributed by atoms with Gasteiger partial charge in [-0.3, -0.25) is 0 Å². The highest BCUT2D eigenvalue weighted by atomic mass is 16.6. The van der Waals surface area contributed by atoms with Gasteiger partial charge >= 0.3 is 6.09 Å². The minimum absolute atomic E-state index is 0.158. The molecule has 0 N–H and O–H groups in total. The number of benzene rings is 1. The second-order valence-electron chi connectivity index (χ2n) is 6.16. The molecular weight excluding hydrogens is 252 g/mol. The van der Waals surface area contributed by atoms with Gasteiger partial charge in [-0.25, -0.2) is 4.79 Å². The number of nitriles is 1. The van der Waals surface area contributed by atoms with Crippen molar-refractivity contribution >= 4 is 6.09 Å². The van der Waals surface area contributed by atoms with Crippen LogP contribution in [0.25, 0.3) is 0 Å². The first-order valence-electron chi connectivity index (χ1n) is 6.83. The molecule has 1 fully saturated rings. The summed E-state index contributed by atoms with van der Waals surface area (Å²) in [5.74, 6) is 0.0322. The minimum Gasteiger partial charge on any atom is -0.444 e. The molecule has 1 atom stereocenters. The van der Waals surface area contributed by atoms with Crippen molar-refractivity contribution in [2.45, 2.75) is 32.3 Å². The monoisotopic (exact) mass is 272 g/mol. The molecule has 1 unspecified atom stereocenters. The molecule has 1 aromatic rings. The second kappa shape index (κ2) is 5.54. The zero-order chi connectivity index (χ0) is 14.8. The Bertz CT molecular complexity index is 508. The predicted molar refractivity (Wildman–Crippen MR) is 76.1 cm³/mol. The van der Waals surface area contributed by atoms with Crippen molar-refractivity contribution in [2.75, 3.05) is 13.1 Å². The van der Waals surface area contributed by atoms with Crippen LogP contribution in [0.5, 0.6) is 0 Å². The number of hydrogen-bond acceptors (Lipinski definition) is 3. The molecule has 20 heavy (non-hydrogen) atoms. The number of carbonyl (C=O) groups is 1. The molecule has 0 radical (unpaired) electrons. The number of amides is 1.